The van der Waals surface area contributed by atoms with Gasteiger partial charge in [-0.05, 0) is 19.2 Å². The van der Waals surface area contributed by atoms with Gasteiger partial charge in [-0.25, -0.2) is 0 Å². The van der Waals surface area contributed by atoms with Gasteiger partial charge < -0.3 is 5.32 Å². The summed E-state index contributed by atoms with van der Waals surface area (Å²) in [5.41, 5.74) is 1.69. The van der Waals surface area contributed by atoms with Crippen molar-refractivity contribution in [1.82, 2.24) is 25.3 Å². The van der Waals surface area contributed by atoms with Crippen LogP contribution in [0.3, 0.4) is 0 Å². The van der Waals surface area contributed by atoms with Crippen molar-refractivity contribution < 1.29 is 0 Å². The van der Waals surface area contributed by atoms with Crippen LogP contribution in [0.5, 0.6) is 0 Å². The number of hydrogen-bond donors (Lipinski definition) is 1. The molecule has 6 heteroatoms. The Kier molecular flexibility index (Phi) is 3.17. The van der Waals surface area contributed by atoms with Gasteiger partial charge in [-0.3, -0.25) is 9.67 Å². The van der Waals surface area contributed by atoms with Crippen molar-refractivity contribution in [3.63, 3.8) is 0 Å². The van der Waals surface area contributed by atoms with E-state index < -0.39 is 0 Å². The topological polar surface area (TPSA) is 55.6 Å². The third-order valence-electron chi connectivity index (χ3n) is 2.39. The second kappa shape index (κ2) is 4.59. The predicted molar refractivity (Wildman–Crippen MR) is 61.2 cm³/mol. The number of halogens is 1. The van der Waals surface area contributed by atoms with E-state index >= 15 is 0 Å². The lowest BCUT2D eigenvalue weighted by atomic mass is 10.1. The molecule has 0 amide bonds. The van der Waals surface area contributed by atoms with Crippen molar-refractivity contribution in [2.24, 2.45) is 7.05 Å². The van der Waals surface area contributed by atoms with Crippen LogP contribution < -0.4 is 5.32 Å². The molecule has 84 valence electrons. The van der Waals surface area contributed by atoms with Crippen LogP contribution in [0.1, 0.15) is 17.4 Å². The third-order valence-corrected chi connectivity index (χ3v) is 2.71. The fraction of sp³-hybridized carbons (Fsp3) is 0.300. The summed E-state index contributed by atoms with van der Waals surface area (Å²) in [5.74, 6) is 0. The summed E-state index contributed by atoms with van der Waals surface area (Å²) in [4.78, 5) is 4.28. The molecular weight excluding hydrogens is 226 g/mol. The van der Waals surface area contributed by atoms with E-state index in [1.807, 2.05) is 20.2 Å². The Balaban J connectivity index is 2.45. The van der Waals surface area contributed by atoms with Gasteiger partial charge in [0.15, 0.2) is 0 Å². The first-order valence-electron chi connectivity index (χ1n) is 4.86. The van der Waals surface area contributed by atoms with Crippen molar-refractivity contribution in [3.05, 3.63) is 40.9 Å². The highest BCUT2D eigenvalue weighted by molar-refractivity contribution is 6.31. The molecule has 16 heavy (non-hydrogen) atoms. The first-order chi connectivity index (χ1) is 7.74. The van der Waals surface area contributed by atoms with Crippen LogP contribution in [0.4, 0.5) is 0 Å². The highest BCUT2D eigenvalue weighted by Crippen LogP contribution is 2.24. The SMILES string of the molecule is CNC(c1ncccc1Cl)c1cnnn1C. The molecule has 2 aromatic heterocycles. The van der Waals surface area contributed by atoms with Gasteiger partial charge in [0.2, 0.25) is 0 Å². The number of aromatic nitrogens is 4. The number of aryl methyl sites for hydroxylation is 1. The summed E-state index contributed by atoms with van der Waals surface area (Å²) in [6.07, 6.45) is 3.42. The molecule has 1 unspecified atom stereocenters. The Morgan fingerprint density at radius 1 is 1.50 bits per heavy atom. The van der Waals surface area contributed by atoms with Crippen LogP contribution >= 0.6 is 11.6 Å². The average molecular weight is 238 g/mol. The van der Waals surface area contributed by atoms with E-state index in [2.05, 4.69) is 20.6 Å². The molecule has 2 heterocycles. The third kappa shape index (κ3) is 1.91. The standard InChI is InChI=1S/C10H12ClN5/c1-12-10(8-6-14-15-16(8)2)9-7(11)4-3-5-13-9/h3-6,10,12H,1-2H3. The normalized spacial score (nSPS) is 12.7. The maximum Gasteiger partial charge on any atom is 0.0951 e. The summed E-state index contributed by atoms with van der Waals surface area (Å²) in [6, 6.07) is 3.52. The molecule has 0 aromatic carbocycles. The van der Waals surface area contributed by atoms with Crippen LogP contribution in [-0.4, -0.2) is 27.0 Å². The van der Waals surface area contributed by atoms with E-state index in [9.17, 15) is 0 Å². The lowest BCUT2D eigenvalue weighted by molar-refractivity contribution is 0.588. The van der Waals surface area contributed by atoms with Crippen LogP contribution in [0, 0.1) is 0 Å². The van der Waals surface area contributed by atoms with Gasteiger partial charge in [0, 0.05) is 13.2 Å². The first kappa shape index (κ1) is 11.0. The molecule has 0 aliphatic carbocycles. The van der Waals surface area contributed by atoms with Crippen molar-refractivity contribution in [2.45, 2.75) is 6.04 Å². The zero-order chi connectivity index (χ0) is 11.5. The maximum absolute atomic E-state index is 6.11. The quantitative estimate of drug-likeness (QED) is 0.871. The molecule has 0 bridgehead atoms. The highest BCUT2D eigenvalue weighted by Gasteiger charge is 2.19. The molecule has 0 radical (unpaired) electrons. The molecule has 1 N–H and O–H groups in total. The van der Waals surface area contributed by atoms with E-state index in [0.717, 1.165) is 11.4 Å². The zero-order valence-corrected chi connectivity index (χ0v) is 9.81. The van der Waals surface area contributed by atoms with Gasteiger partial charge in [0.05, 0.1) is 28.6 Å². The minimum Gasteiger partial charge on any atom is -0.307 e. The molecule has 0 spiro atoms. The molecule has 2 rings (SSSR count). The van der Waals surface area contributed by atoms with Crippen LogP contribution in [0.25, 0.3) is 0 Å². The number of rotatable bonds is 3. The van der Waals surface area contributed by atoms with E-state index in [1.54, 1.807) is 23.1 Å². The molecule has 1 atom stereocenters. The Hall–Kier alpha value is -1.46. The van der Waals surface area contributed by atoms with Gasteiger partial charge >= 0.3 is 0 Å². The van der Waals surface area contributed by atoms with Crippen molar-refractivity contribution in [3.8, 4) is 0 Å². The number of hydrogen-bond acceptors (Lipinski definition) is 4. The monoisotopic (exact) mass is 237 g/mol. The Labute approximate surface area is 98.5 Å². The Morgan fingerprint density at radius 3 is 2.88 bits per heavy atom. The van der Waals surface area contributed by atoms with Crippen LogP contribution in [0.2, 0.25) is 5.02 Å². The molecule has 0 saturated heterocycles. The van der Waals surface area contributed by atoms with Gasteiger partial charge in [-0.1, -0.05) is 16.8 Å². The number of nitrogens with zero attached hydrogens (tertiary/aromatic N) is 4. The largest absolute Gasteiger partial charge is 0.307 e. The second-order valence-corrected chi connectivity index (χ2v) is 3.78. The van der Waals surface area contributed by atoms with Crippen molar-refractivity contribution in [1.29, 1.82) is 0 Å². The smallest absolute Gasteiger partial charge is 0.0951 e. The highest BCUT2D eigenvalue weighted by atomic mass is 35.5. The fourth-order valence-electron chi connectivity index (χ4n) is 1.59. The maximum atomic E-state index is 6.11. The number of nitrogens with one attached hydrogen (secondary N) is 1. The second-order valence-electron chi connectivity index (χ2n) is 3.37. The molecular formula is C10H12ClN5. The van der Waals surface area contributed by atoms with Gasteiger partial charge in [-0.15, -0.1) is 5.10 Å². The minimum absolute atomic E-state index is 0.103. The Bertz CT molecular complexity index is 482. The van der Waals surface area contributed by atoms with Gasteiger partial charge in [0.25, 0.3) is 0 Å². The fourth-order valence-corrected chi connectivity index (χ4v) is 1.82. The summed E-state index contributed by atoms with van der Waals surface area (Å²) >= 11 is 6.11. The van der Waals surface area contributed by atoms with E-state index in [0.29, 0.717) is 5.02 Å². The lowest BCUT2D eigenvalue weighted by Gasteiger charge is -2.16. The average Bonchev–Trinajstić information content (AvgIpc) is 2.69. The summed E-state index contributed by atoms with van der Waals surface area (Å²) in [5, 5.41) is 11.5. The molecule has 0 aliphatic heterocycles. The van der Waals surface area contributed by atoms with Crippen LogP contribution in [0.15, 0.2) is 24.5 Å². The Morgan fingerprint density at radius 2 is 2.31 bits per heavy atom. The molecule has 0 saturated carbocycles. The summed E-state index contributed by atoms with van der Waals surface area (Å²) in [7, 11) is 3.69. The molecule has 5 nitrogen and oxygen atoms in total. The number of pyridine rings is 1. The van der Waals surface area contributed by atoms with Gasteiger partial charge in [0.1, 0.15) is 0 Å². The predicted octanol–water partition coefficient (Wildman–Crippen LogP) is 1.17. The van der Waals surface area contributed by atoms with E-state index in [1.165, 1.54) is 0 Å². The van der Waals surface area contributed by atoms with Crippen molar-refractivity contribution >= 4 is 11.6 Å². The molecule has 0 aliphatic rings. The van der Waals surface area contributed by atoms with E-state index in [-0.39, 0.29) is 6.04 Å². The summed E-state index contributed by atoms with van der Waals surface area (Å²) in [6.45, 7) is 0. The summed E-state index contributed by atoms with van der Waals surface area (Å²) < 4.78 is 1.70. The zero-order valence-electron chi connectivity index (χ0n) is 9.05. The van der Waals surface area contributed by atoms with Crippen molar-refractivity contribution in [2.75, 3.05) is 7.05 Å². The molecule has 0 fully saturated rings. The molecule has 2 aromatic rings. The van der Waals surface area contributed by atoms with E-state index in [4.69, 9.17) is 11.6 Å². The van der Waals surface area contributed by atoms with Crippen LogP contribution in [-0.2, 0) is 7.05 Å². The lowest BCUT2D eigenvalue weighted by Crippen LogP contribution is -2.22. The van der Waals surface area contributed by atoms with Gasteiger partial charge in [-0.2, -0.15) is 0 Å². The first-order valence-corrected chi connectivity index (χ1v) is 5.24. The minimum atomic E-state index is -0.103.